The number of piperazine rings is 1. The summed E-state index contributed by atoms with van der Waals surface area (Å²) in [6, 6.07) is 6.10. The van der Waals surface area contributed by atoms with Gasteiger partial charge in [-0.3, -0.25) is 9.69 Å². The number of carboxylic acids is 1. The van der Waals surface area contributed by atoms with Gasteiger partial charge in [-0.1, -0.05) is 0 Å². The molecule has 5 nitrogen and oxygen atoms in total. The predicted molar refractivity (Wildman–Crippen MR) is 76.0 cm³/mol. The maximum atomic E-state index is 12.4. The van der Waals surface area contributed by atoms with Crippen LogP contribution >= 0.6 is 0 Å². The predicted octanol–water partition coefficient (Wildman–Crippen LogP) is 1.55. The van der Waals surface area contributed by atoms with E-state index in [0.29, 0.717) is 18.7 Å². The van der Waals surface area contributed by atoms with Crippen molar-refractivity contribution < 1.29 is 14.7 Å². The van der Waals surface area contributed by atoms with Crippen molar-refractivity contribution in [2.75, 3.05) is 26.7 Å². The molecule has 1 saturated heterocycles. The Morgan fingerprint density at radius 2 is 1.65 bits per heavy atom. The molecule has 5 heteroatoms. The lowest BCUT2D eigenvalue weighted by atomic mass is 9.99. The Morgan fingerprint density at radius 3 is 2.15 bits per heavy atom. The van der Waals surface area contributed by atoms with Gasteiger partial charge in [0.05, 0.1) is 5.56 Å². The Hall–Kier alpha value is -1.88. The normalized spacial score (nSPS) is 18.9. The van der Waals surface area contributed by atoms with Crippen LogP contribution in [0.5, 0.6) is 0 Å². The fraction of sp³-hybridized carbons (Fsp3) is 0.467. The molecule has 1 amide bonds. The smallest absolute Gasteiger partial charge is 0.335 e. The molecule has 1 heterocycles. The molecular formula is C15H20N2O3. The van der Waals surface area contributed by atoms with E-state index in [0.717, 1.165) is 6.54 Å². The van der Waals surface area contributed by atoms with Crippen LogP contribution in [0.15, 0.2) is 24.3 Å². The van der Waals surface area contributed by atoms with Crippen molar-refractivity contribution >= 4 is 11.9 Å². The third-order valence-electron chi connectivity index (χ3n) is 3.98. The summed E-state index contributed by atoms with van der Waals surface area (Å²) in [6.45, 7) is 6.42. The van der Waals surface area contributed by atoms with Crippen molar-refractivity contribution in [1.29, 1.82) is 0 Å². The molecule has 1 N–H and O–H groups in total. The van der Waals surface area contributed by atoms with Crippen LogP contribution in [0.2, 0.25) is 0 Å². The first-order valence-corrected chi connectivity index (χ1v) is 6.65. The van der Waals surface area contributed by atoms with Gasteiger partial charge in [-0.25, -0.2) is 4.79 Å². The molecule has 0 radical (unpaired) electrons. The van der Waals surface area contributed by atoms with Gasteiger partial charge in [0.2, 0.25) is 0 Å². The molecule has 0 spiro atoms. The van der Waals surface area contributed by atoms with Gasteiger partial charge in [-0.05, 0) is 45.2 Å². The van der Waals surface area contributed by atoms with Gasteiger partial charge in [0.15, 0.2) is 0 Å². The maximum Gasteiger partial charge on any atom is 0.335 e. The van der Waals surface area contributed by atoms with Gasteiger partial charge in [-0.2, -0.15) is 0 Å². The second kappa shape index (κ2) is 5.25. The lowest BCUT2D eigenvalue weighted by Crippen LogP contribution is -2.58. The van der Waals surface area contributed by atoms with E-state index in [1.807, 2.05) is 4.90 Å². The van der Waals surface area contributed by atoms with Crippen LogP contribution in [0.1, 0.15) is 34.6 Å². The second-order valence-electron chi connectivity index (χ2n) is 5.84. The van der Waals surface area contributed by atoms with Crippen LogP contribution in [0.3, 0.4) is 0 Å². The van der Waals surface area contributed by atoms with Gasteiger partial charge in [-0.15, -0.1) is 0 Å². The molecule has 0 bridgehead atoms. The zero-order valence-electron chi connectivity index (χ0n) is 12.1. The number of rotatable bonds is 2. The first-order chi connectivity index (χ1) is 9.31. The monoisotopic (exact) mass is 276 g/mol. The van der Waals surface area contributed by atoms with Crippen molar-refractivity contribution in [3.63, 3.8) is 0 Å². The third kappa shape index (κ3) is 2.82. The number of hydrogen-bond donors (Lipinski definition) is 1. The lowest BCUT2D eigenvalue weighted by Gasteiger charge is -2.45. The summed E-state index contributed by atoms with van der Waals surface area (Å²) in [4.78, 5) is 27.3. The molecule has 0 aliphatic carbocycles. The fourth-order valence-electron chi connectivity index (χ4n) is 2.35. The first kappa shape index (κ1) is 14.5. The number of hydrogen-bond acceptors (Lipinski definition) is 3. The minimum absolute atomic E-state index is 0.0388. The van der Waals surface area contributed by atoms with Crippen LogP contribution in [0.4, 0.5) is 0 Å². The average molecular weight is 276 g/mol. The standard InChI is InChI=1S/C15H20N2O3/c1-15(2)10-17(9-8-16(15)3)13(18)11-4-6-12(7-5-11)14(19)20/h4-7H,8-10H2,1-3H3,(H,19,20). The summed E-state index contributed by atoms with van der Waals surface area (Å²) in [5.74, 6) is -1.02. The number of aromatic carboxylic acids is 1. The van der Waals surface area contributed by atoms with E-state index in [1.54, 1.807) is 12.1 Å². The SMILES string of the molecule is CN1CCN(C(=O)c2ccc(C(=O)O)cc2)CC1(C)C. The minimum Gasteiger partial charge on any atom is -0.478 e. The van der Waals surface area contributed by atoms with Crippen molar-refractivity contribution in [2.24, 2.45) is 0 Å². The highest BCUT2D eigenvalue weighted by molar-refractivity contribution is 5.96. The van der Waals surface area contributed by atoms with Gasteiger partial charge in [0.1, 0.15) is 0 Å². The van der Waals surface area contributed by atoms with Gasteiger partial charge in [0.25, 0.3) is 5.91 Å². The molecule has 0 aromatic heterocycles. The molecule has 1 aliphatic heterocycles. The highest BCUT2D eigenvalue weighted by atomic mass is 16.4. The van der Waals surface area contributed by atoms with E-state index in [1.165, 1.54) is 12.1 Å². The number of likely N-dealkylation sites (N-methyl/N-ethyl adjacent to an activating group) is 1. The number of carboxylic acid groups (broad SMARTS) is 1. The molecule has 0 saturated carbocycles. The molecule has 20 heavy (non-hydrogen) atoms. The Balaban J connectivity index is 2.13. The molecule has 1 aromatic carbocycles. The number of carbonyl (C=O) groups is 2. The quantitative estimate of drug-likeness (QED) is 0.890. The number of benzene rings is 1. The zero-order chi connectivity index (χ0) is 14.9. The molecular weight excluding hydrogens is 256 g/mol. The Kier molecular flexibility index (Phi) is 3.81. The molecule has 2 rings (SSSR count). The summed E-state index contributed by atoms with van der Waals surface area (Å²) in [6.07, 6.45) is 0. The van der Waals surface area contributed by atoms with Crippen LogP contribution in [0, 0.1) is 0 Å². The molecule has 1 fully saturated rings. The van der Waals surface area contributed by atoms with Crippen molar-refractivity contribution in [2.45, 2.75) is 19.4 Å². The van der Waals surface area contributed by atoms with Gasteiger partial charge >= 0.3 is 5.97 Å². The number of amides is 1. The van der Waals surface area contributed by atoms with Crippen LogP contribution in [0.25, 0.3) is 0 Å². The van der Waals surface area contributed by atoms with E-state index in [4.69, 9.17) is 5.11 Å². The molecule has 0 unspecified atom stereocenters. The first-order valence-electron chi connectivity index (χ1n) is 6.65. The van der Waals surface area contributed by atoms with Crippen LogP contribution in [-0.2, 0) is 0 Å². The summed E-state index contributed by atoms with van der Waals surface area (Å²) < 4.78 is 0. The van der Waals surface area contributed by atoms with Crippen LogP contribution in [-0.4, -0.2) is 59.0 Å². The van der Waals surface area contributed by atoms with E-state index in [2.05, 4.69) is 25.8 Å². The van der Waals surface area contributed by atoms with E-state index in [-0.39, 0.29) is 17.0 Å². The Labute approximate surface area is 118 Å². The fourth-order valence-corrected chi connectivity index (χ4v) is 2.35. The average Bonchev–Trinajstić information content (AvgIpc) is 2.41. The number of carbonyl (C=O) groups excluding carboxylic acids is 1. The highest BCUT2D eigenvalue weighted by Crippen LogP contribution is 2.20. The van der Waals surface area contributed by atoms with Crippen molar-refractivity contribution in [3.05, 3.63) is 35.4 Å². The summed E-state index contributed by atoms with van der Waals surface area (Å²) in [5.41, 5.74) is 0.685. The van der Waals surface area contributed by atoms with Gasteiger partial charge < -0.3 is 10.0 Å². The summed E-state index contributed by atoms with van der Waals surface area (Å²) in [5, 5.41) is 8.86. The molecule has 1 aromatic rings. The van der Waals surface area contributed by atoms with Crippen molar-refractivity contribution in [3.8, 4) is 0 Å². The lowest BCUT2D eigenvalue weighted by molar-refractivity contribution is 0.0311. The molecule has 0 atom stereocenters. The molecule has 108 valence electrons. The van der Waals surface area contributed by atoms with Crippen molar-refractivity contribution in [1.82, 2.24) is 9.80 Å². The summed E-state index contributed by atoms with van der Waals surface area (Å²) in [7, 11) is 2.06. The largest absolute Gasteiger partial charge is 0.478 e. The Morgan fingerprint density at radius 1 is 1.10 bits per heavy atom. The zero-order valence-corrected chi connectivity index (χ0v) is 12.1. The second-order valence-corrected chi connectivity index (χ2v) is 5.84. The third-order valence-corrected chi connectivity index (χ3v) is 3.98. The number of nitrogens with zero attached hydrogens (tertiary/aromatic N) is 2. The highest BCUT2D eigenvalue weighted by Gasteiger charge is 2.33. The van der Waals surface area contributed by atoms with E-state index >= 15 is 0 Å². The minimum atomic E-state index is -0.982. The van der Waals surface area contributed by atoms with Crippen LogP contribution < -0.4 is 0 Å². The Bertz CT molecular complexity index is 522. The summed E-state index contributed by atoms with van der Waals surface area (Å²) >= 11 is 0. The molecule has 1 aliphatic rings. The topological polar surface area (TPSA) is 60.9 Å². The van der Waals surface area contributed by atoms with Gasteiger partial charge in [0, 0.05) is 30.7 Å². The van der Waals surface area contributed by atoms with E-state index in [9.17, 15) is 9.59 Å². The van der Waals surface area contributed by atoms with E-state index < -0.39 is 5.97 Å². The maximum absolute atomic E-state index is 12.4.